The summed E-state index contributed by atoms with van der Waals surface area (Å²) in [6.07, 6.45) is 2.24. The minimum Gasteiger partial charge on any atom is -0.383 e. The van der Waals surface area contributed by atoms with E-state index in [9.17, 15) is 9.59 Å². The van der Waals surface area contributed by atoms with Crippen molar-refractivity contribution in [2.24, 2.45) is 0 Å². The van der Waals surface area contributed by atoms with Gasteiger partial charge in [0, 0.05) is 24.1 Å². The van der Waals surface area contributed by atoms with Crippen LogP contribution in [0.4, 0.5) is 0 Å². The number of hydrogen-bond donors (Lipinski definition) is 2. The van der Waals surface area contributed by atoms with E-state index in [1.54, 1.807) is 25.3 Å². The van der Waals surface area contributed by atoms with Crippen molar-refractivity contribution in [3.63, 3.8) is 0 Å². The van der Waals surface area contributed by atoms with Gasteiger partial charge in [0.1, 0.15) is 0 Å². The first-order valence-corrected chi connectivity index (χ1v) is 6.57. The van der Waals surface area contributed by atoms with Crippen LogP contribution in [0.1, 0.15) is 23.7 Å². The average Bonchev–Trinajstić information content (AvgIpc) is 2.47. The van der Waals surface area contributed by atoms with Crippen molar-refractivity contribution < 1.29 is 9.53 Å². The maximum Gasteiger partial charge on any atom is 0.255 e. The molecule has 0 radical (unpaired) electrons. The van der Waals surface area contributed by atoms with Gasteiger partial charge in [0.25, 0.3) is 11.5 Å². The van der Waals surface area contributed by atoms with Crippen LogP contribution in [0.5, 0.6) is 0 Å². The Bertz CT molecular complexity index is 663. The number of methoxy groups -OCH3 is 1. The Morgan fingerprint density at radius 1 is 1.35 bits per heavy atom. The number of carbonyl (C=O) groups is 1. The zero-order valence-corrected chi connectivity index (χ0v) is 11.6. The summed E-state index contributed by atoms with van der Waals surface area (Å²) >= 11 is 0. The monoisotopic (exact) mass is 274 g/mol. The molecule has 0 spiro atoms. The Labute approximate surface area is 117 Å². The summed E-state index contributed by atoms with van der Waals surface area (Å²) in [6.45, 7) is 2.44. The van der Waals surface area contributed by atoms with Gasteiger partial charge in [-0.1, -0.05) is 25.1 Å². The molecular weight excluding hydrogens is 256 g/mol. The third kappa shape index (κ3) is 2.88. The number of fused-ring (bicyclic) bond motifs is 1. The molecule has 0 bridgehead atoms. The number of rotatable bonds is 5. The lowest BCUT2D eigenvalue weighted by Gasteiger charge is -2.16. The highest BCUT2D eigenvalue weighted by atomic mass is 16.5. The topological polar surface area (TPSA) is 71.2 Å². The smallest absolute Gasteiger partial charge is 0.255 e. The normalized spacial score (nSPS) is 12.3. The molecule has 1 atom stereocenters. The number of benzene rings is 1. The van der Waals surface area contributed by atoms with E-state index in [1.807, 2.05) is 13.0 Å². The van der Waals surface area contributed by atoms with E-state index in [0.717, 1.165) is 6.42 Å². The van der Waals surface area contributed by atoms with Crippen LogP contribution in [0, 0.1) is 0 Å². The fraction of sp³-hybridized carbons (Fsp3) is 0.333. The summed E-state index contributed by atoms with van der Waals surface area (Å²) in [6, 6.07) is 7.02. The van der Waals surface area contributed by atoms with E-state index in [1.165, 1.54) is 6.20 Å². The summed E-state index contributed by atoms with van der Waals surface area (Å²) in [7, 11) is 1.60. The van der Waals surface area contributed by atoms with E-state index in [2.05, 4.69) is 10.3 Å². The van der Waals surface area contributed by atoms with E-state index in [0.29, 0.717) is 22.9 Å². The van der Waals surface area contributed by atoms with Crippen molar-refractivity contribution in [1.82, 2.24) is 10.3 Å². The second-order valence-corrected chi connectivity index (χ2v) is 4.61. The second-order valence-electron chi connectivity index (χ2n) is 4.61. The molecule has 106 valence electrons. The Morgan fingerprint density at radius 3 is 2.70 bits per heavy atom. The van der Waals surface area contributed by atoms with Crippen LogP contribution < -0.4 is 10.9 Å². The molecule has 20 heavy (non-hydrogen) atoms. The fourth-order valence-electron chi connectivity index (χ4n) is 2.12. The van der Waals surface area contributed by atoms with Gasteiger partial charge in [0.15, 0.2) is 0 Å². The minimum absolute atomic E-state index is 0.0433. The third-order valence-corrected chi connectivity index (χ3v) is 3.25. The molecule has 1 aromatic carbocycles. The van der Waals surface area contributed by atoms with E-state index < -0.39 is 0 Å². The van der Waals surface area contributed by atoms with Crippen LogP contribution in [-0.2, 0) is 4.74 Å². The van der Waals surface area contributed by atoms with Gasteiger partial charge in [0.05, 0.1) is 18.2 Å². The minimum atomic E-state index is -0.207. The standard InChI is InChI=1S/C15H18N2O3/c1-3-10(9-20-2)17-15(19)13-8-16-14(18)12-7-5-4-6-11(12)13/h4-8,10H,3,9H2,1-2H3,(H,16,18)(H,17,19)/t10-/m1/s1. The number of H-pyrrole nitrogens is 1. The van der Waals surface area contributed by atoms with Crippen molar-refractivity contribution in [1.29, 1.82) is 0 Å². The highest BCUT2D eigenvalue weighted by molar-refractivity contribution is 6.06. The predicted molar refractivity (Wildman–Crippen MR) is 78.0 cm³/mol. The zero-order chi connectivity index (χ0) is 14.5. The molecule has 0 aliphatic heterocycles. The largest absolute Gasteiger partial charge is 0.383 e. The molecule has 2 rings (SSSR count). The van der Waals surface area contributed by atoms with Gasteiger partial charge in [-0.05, 0) is 12.5 Å². The summed E-state index contributed by atoms with van der Waals surface area (Å²) in [5.41, 5.74) is 0.274. The molecule has 0 unspecified atom stereocenters. The molecule has 0 fully saturated rings. The van der Waals surface area contributed by atoms with Crippen LogP contribution in [-0.4, -0.2) is 30.6 Å². The lowest BCUT2D eigenvalue weighted by molar-refractivity contribution is 0.0896. The molecule has 1 heterocycles. The number of nitrogens with one attached hydrogen (secondary N) is 2. The van der Waals surface area contributed by atoms with Crippen molar-refractivity contribution >= 4 is 16.7 Å². The van der Waals surface area contributed by atoms with E-state index >= 15 is 0 Å². The van der Waals surface area contributed by atoms with Crippen molar-refractivity contribution in [3.8, 4) is 0 Å². The van der Waals surface area contributed by atoms with Gasteiger partial charge in [-0.25, -0.2) is 0 Å². The van der Waals surface area contributed by atoms with Gasteiger partial charge in [-0.3, -0.25) is 9.59 Å². The van der Waals surface area contributed by atoms with Crippen molar-refractivity contribution in [2.75, 3.05) is 13.7 Å². The SMILES string of the molecule is CC[C@H](COC)NC(=O)c1c[nH]c(=O)c2ccccc12. The highest BCUT2D eigenvalue weighted by Gasteiger charge is 2.15. The molecular formula is C15H18N2O3. The number of ether oxygens (including phenoxy) is 1. The highest BCUT2D eigenvalue weighted by Crippen LogP contribution is 2.14. The Kier molecular flexibility index (Phi) is 4.53. The number of aromatic amines is 1. The maximum atomic E-state index is 12.3. The van der Waals surface area contributed by atoms with E-state index in [4.69, 9.17) is 4.74 Å². The van der Waals surface area contributed by atoms with Gasteiger partial charge in [0.2, 0.25) is 0 Å². The zero-order valence-electron chi connectivity index (χ0n) is 11.6. The molecule has 0 aliphatic carbocycles. The van der Waals surface area contributed by atoms with Crippen molar-refractivity contribution in [2.45, 2.75) is 19.4 Å². The van der Waals surface area contributed by atoms with Crippen LogP contribution in [0.3, 0.4) is 0 Å². The Balaban J connectivity index is 2.35. The molecule has 0 saturated heterocycles. The first kappa shape index (κ1) is 14.3. The lowest BCUT2D eigenvalue weighted by Crippen LogP contribution is -2.37. The van der Waals surface area contributed by atoms with Gasteiger partial charge >= 0.3 is 0 Å². The lowest BCUT2D eigenvalue weighted by atomic mass is 10.1. The summed E-state index contributed by atoms with van der Waals surface area (Å²) in [5, 5.41) is 4.08. The summed E-state index contributed by atoms with van der Waals surface area (Å²) < 4.78 is 5.07. The predicted octanol–water partition coefficient (Wildman–Crippen LogP) is 1.68. The second kappa shape index (κ2) is 6.34. The van der Waals surface area contributed by atoms with E-state index in [-0.39, 0.29) is 17.5 Å². The van der Waals surface area contributed by atoms with Gasteiger partial charge < -0.3 is 15.0 Å². The Morgan fingerprint density at radius 2 is 2.05 bits per heavy atom. The molecule has 0 saturated carbocycles. The number of aromatic nitrogens is 1. The van der Waals surface area contributed by atoms with Crippen LogP contribution in [0.2, 0.25) is 0 Å². The van der Waals surface area contributed by atoms with Crippen LogP contribution in [0.15, 0.2) is 35.3 Å². The third-order valence-electron chi connectivity index (χ3n) is 3.25. The summed E-state index contributed by atoms with van der Waals surface area (Å²) in [4.78, 5) is 26.7. The number of amides is 1. The molecule has 2 aromatic rings. The van der Waals surface area contributed by atoms with Crippen molar-refractivity contribution in [3.05, 3.63) is 46.4 Å². The first-order valence-electron chi connectivity index (χ1n) is 6.57. The average molecular weight is 274 g/mol. The summed E-state index contributed by atoms with van der Waals surface area (Å²) in [5.74, 6) is -0.207. The number of carbonyl (C=O) groups excluding carboxylic acids is 1. The molecule has 1 amide bonds. The molecule has 5 heteroatoms. The number of hydrogen-bond acceptors (Lipinski definition) is 3. The molecule has 5 nitrogen and oxygen atoms in total. The van der Waals surface area contributed by atoms with Gasteiger partial charge in [-0.15, -0.1) is 0 Å². The quantitative estimate of drug-likeness (QED) is 0.871. The Hall–Kier alpha value is -2.14. The molecule has 0 aliphatic rings. The fourth-order valence-corrected chi connectivity index (χ4v) is 2.12. The van der Waals surface area contributed by atoms with Gasteiger partial charge in [-0.2, -0.15) is 0 Å². The molecule has 1 aromatic heterocycles. The van der Waals surface area contributed by atoms with Crippen LogP contribution >= 0.6 is 0 Å². The number of pyridine rings is 1. The first-order chi connectivity index (χ1) is 9.67. The molecule has 2 N–H and O–H groups in total. The maximum absolute atomic E-state index is 12.3. The van der Waals surface area contributed by atoms with Crippen LogP contribution in [0.25, 0.3) is 10.8 Å².